The molecule has 0 saturated heterocycles. The van der Waals surface area contributed by atoms with Gasteiger partial charge in [0.2, 0.25) is 10.0 Å². The van der Waals surface area contributed by atoms with Crippen LogP contribution in [0.5, 0.6) is 0 Å². The summed E-state index contributed by atoms with van der Waals surface area (Å²) in [6.07, 6.45) is -5.59. The van der Waals surface area contributed by atoms with Crippen LogP contribution in [0, 0.1) is 6.92 Å². The van der Waals surface area contributed by atoms with Crippen LogP contribution in [0.3, 0.4) is 0 Å². The minimum Gasteiger partial charge on any atom is -0.464 e. The number of rotatable bonds is 7. The van der Waals surface area contributed by atoms with Gasteiger partial charge in [0, 0.05) is 19.7 Å². The highest BCUT2D eigenvalue weighted by Gasteiger charge is 2.32. The molecule has 0 unspecified atom stereocenters. The van der Waals surface area contributed by atoms with Gasteiger partial charge in [-0.15, -0.1) is 0 Å². The first-order valence-electron chi connectivity index (χ1n) is 6.41. The number of furan rings is 1. The van der Waals surface area contributed by atoms with E-state index in [1.54, 1.807) is 0 Å². The van der Waals surface area contributed by atoms with E-state index in [2.05, 4.69) is 5.32 Å². The van der Waals surface area contributed by atoms with Gasteiger partial charge in [0.15, 0.2) is 0 Å². The summed E-state index contributed by atoms with van der Waals surface area (Å²) in [6.45, 7) is 3.78. The molecule has 122 valence electrons. The Balaban J connectivity index is 2.89. The van der Waals surface area contributed by atoms with E-state index in [1.807, 2.05) is 6.92 Å². The lowest BCUT2D eigenvalue weighted by Crippen LogP contribution is -2.30. The van der Waals surface area contributed by atoms with E-state index in [-0.39, 0.29) is 10.7 Å². The van der Waals surface area contributed by atoms with Gasteiger partial charge in [0.25, 0.3) is 0 Å². The van der Waals surface area contributed by atoms with Gasteiger partial charge in [0.1, 0.15) is 16.4 Å². The van der Waals surface area contributed by atoms with E-state index >= 15 is 0 Å². The molecule has 0 spiro atoms. The molecule has 9 heteroatoms. The highest BCUT2D eigenvalue weighted by Crippen LogP contribution is 2.25. The number of alkyl halides is 3. The summed E-state index contributed by atoms with van der Waals surface area (Å²) in [5.41, 5.74) is 0. The van der Waals surface area contributed by atoms with E-state index in [1.165, 1.54) is 13.0 Å². The van der Waals surface area contributed by atoms with Crippen LogP contribution in [0.4, 0.5) is 13.2 Å². The van der Waals surface area contributed by atoms with Crippen LogP contribution >= 0.6 is 0 Å². The molecule has 0 fully saturated rings. The second-order valence-corrected chi connectivity index (χ2v) is 6.62. The second kappa shape index (κ2) is 6.80. The zero-order valence-electron chi connectivity index (χ0n) is 12.1. The molecule has 0 aliphatic carbocycles. The molecule has 5 nitrogen and oxygen atoms in total. The zero-order valence-corrected chi connectivity index (χ0v) is 12.9. The molecule has 0 amide bonds. The van der Waals surface area contributed by atoms with Gasteiger partial charge >= 0.3 is 6.18 Å². The summed E-state index contributed by atoms with van der Waals surface area (Å²) < 4.78 is 67.0. The highest BCUT2D eigenvalue weighted by atomic mass is 32.2. The Labute approximate surface area is 122 Å². The standard InChI is InChI=1S/C12H19F3N2O3S/c1-4-16-8-10-7-11(9(2)20-10)21(18,19)17(3)6-5-12(13,14)15/h7,16H,4-6,8H2,1-3H3. The highest BCUT2D eigenvalue weighted by molar-refractivity contribution is 7.89. The zero-order chi connectivity index (χ0) is 16.3. The number of sulfonamides is 1. The van der Waals surface area contributed by atoms with Gasteiger partial charge < -0.3 is 9.73 Å². The maximum absolute atomic E-state index is 12.2. The quantitative estimate of drug-likeness (QED) is 0.834. The Morgan fingerprint density at radius 2 is 2.00 bits per heavy atom. The first-order valence-corrected chi connectivity index (χ1v) is 7.85. The molecule has 0 aliphatic heterocycles. The Kier molecular flexibility index (Phi) is 5.83. The Bertz CT molecular complexity index is 567. The molecule has 0 atom stereocenters. The third-order valence-electron chi connectivity index (χ3n) is 2.87. The van der Waals surface area contributed by atoms with Crippen LogP contribution in [0.25, 0.3) is 0 Å². The van der Waals surface area contributed by atoms with Crippen molar-refractivity contribution in [3.63, 3.8) is 0 Å². The molecular weight excluding hydrogens is 309 g/mol. The number of halogens is 3. The van der Waals surface area contributed by atoms with Crippen molar-refractivity contribution >= 4 is 10.0 Å². The SMILES string of the molecule is CCNCc1cc(S(=O)(=O)N(C)CCC(F)(F)F)c(C)o1. The molecule has 1 aromatic rings. The topological polar surface area (TPSA) is 62.6 Å². The Hall–Kier alpha value is -1.06. The van der Waals surface area contributed by atoms with Crippen LogP contribution in [0.2, 0.25) is 0 Å². The molecule has 1 rings (SSSR count). The van der Waals surface area contributed by atoms with E-state index in [0.717, 1.165) is 7.05 Å². The summed E-state index contributed by atoms with van der Waals surface area (Å²) in [4.78, 5) is -0.0972. The minimum atomic E-state index is -4.40. The van der Waals surface area contributed by atoms with Gasteiger partial charge in [0.05, 0.1) is 13.0 Å². The maximum Gasteiger partial charge on any atom is 0.390 e. The fourth-order valence-corrected chi connectivity index (χ4v) is 3.04. The largest absolute Gasteiger partial charge is 0.464 e. The van der Waals surface area contributed by atoms with Gasteiger partial charge in [-0.25, -0.2) is 12.7 Å². The van der Waals surface area contributed by atoms with Gasteiger partial charge in [-0.05, 0) is 13.5 Å². The van der Waals surface area contributed by atoms with Crippen molar-refractivity contribution in [2.45, 2.75) is 37.9 Å². The average molecular weight is 328 g/mol. The van der Waals surface area contributed by atoms with Crippen LogP contribution in [0.15, 0.2) is 15.4 Å². The lowest BCUT2D eigenvalue weighted by Gasteiger charge is -2.17. The third kappa shape index (κ3) is 5.01. The molecule has 0 aliphatic rings. The van der Waals surface area contributed by atoms with E-state index in [4.69, 9.17) is 4.42 Å². The normalized spacial score (nSPS) is 13.1. The molecule has 21 heavy (non-hydrogen) atoms. The first-order chi connectivity index (χ1) is 9.58. The van der Waals surface area contributed by atoms with Crippen molar-refractivity contribution in [3.8, 4) is 0 Å². The van der Waals surface area contributed by atoms with E-state index < -0.39 is 29.2 Å². The maximum atomic E-state index is 12.2. The molecule has 0 saturated carbocycles. The van der Waals surface area contributed by atoms with Crippen LogP contribution in [-0.4, -0.2) is 39.0 Å². The molecule has 1 heterocycles. The predicted molar refractivity (Wildman–Crippen MR) is 71.3 cm³/mol. The fourth-order valence-electron chi connectivity index (χ4n) is 1.69. The number of hydrogen-bond acceptors (Lipinski definition) is 4. The van der Waals surface area contributed by atoms with Crippen LogP contribution in [0.1, 0.15) is 24.9 Å². The van der Waals surface area contributed by atoms with Crippen LogP contribution in [-0.2, 0) is 16.6 Å². The van der Waals surface area contributed by atoms with Crippen molar-refractivity contribution in [2.75, 3.05) is 20.1 Å². The summed E-state index contributed by atoms with van der Waals surface area (Å²) in [6, 6.07) is 1.34. The van der Waals surface area contributed by atoms with E-state index in [9.17, 15) is 21.6 Å². The van der Waals surface area contributed by atoms with Crippen molar-refractivity contribution < 1.29 is 26.0 Å². The number of aryl methyl sites for hydroxylation is 1. The lowest BCUT2D eigenvalue weighted by molar-refractivity contribution is -0.135. The summed E-state index contributed by atoms with van der Waals surface area (Å²) in [5, 5.41) is 2.98. The number of hydrogen-bond donors (Lipinski definition) is 1. The third-order valence-corrected chi connectivity index (χ3v) is 4.84. The number of nitrogens with one attached hydrogen (secondary N) is 1. The van der Waals surface area contributed by atoms with Gasteiger partial charge in [-0.3, -0.25) is 0 Å². The lowest BCUT2D eigenvalue weighted by atomic mass is 10.4. The summed E-state index contributed by atoms with van der Waals surface area (Å²) in [7, 11) is -2.86. The van der Waals surface area contributed by atoms with Crippen molar-refractivity contribution in [3.05, 3.63) is 17.6 Å². The monoisotopic (exact) mass is 328 g/mol. The van der Waals surface area contributed by atoms with Crippen molar-refractivity contribution in [1.29, 1.82) is 0 Å². The first kappa shape index (κ1) is 18.0. The van der Waals surface area contributed by atoms with Gasteiger partial charge in [-0.2, -0.15) is 13.2 Å². The molecular formula is C12H19F3N2O3S. The average Bonchev–Trinajstić information content (AvgIpc) is 2.74. The Morgan fingerprint density at radius 3 is 2.52 bits per heavy atom. The fraction of sp³-hybridized carbons (Fsp3) is 0.667. The van der Waals surface area contributed by atoms with E-state index in [0.29, 0.717) is 23.2 Å². The van der Waals surface area contributed by atoms with Crippen molar-refractivity contribution in [2.24, 2.45) is 0 Å². The smallest absolute Gasteiger partial charge is 0.390 e. The van der Waals surface area contributed by atoms with Crippen molar-refractivity contribution in [1.82, 2.24) is 9.62 Å². The minimum absolute atomic E-state index is 0.0972. The summed E-state index contributed by atoms with van der Waals surface area (Å²) >= 11 is 0. The molecule has 0 radical (unpaired) electrons. The molecule has 1 N–H and O–H groups in total. The predicted octanol–water partition coefficient (Wildman–Crippen LogP) is 2.27. The second-order valence-electron chi connectivity index (χ2n) is 4.61. The number of nitrogens with zero attached hydrogens (tertiary/aromatic N) is 1. The molecule has 0 bridgehead atoms. The van der Waals surface area contributed by atoms with Crippen LogP contribution < -0.4 is 5.32 Å². The Morgan fingerprint density at radius 1 is 1.38 bits per heavy atom. The van der Waals surface area contributed by atoms with Gasteiger partial charge in [-0.1, -0.05) is 6.92 Å². The summed E-state index contributed by atoms with van der Waals surface area (Å²) in [5.74, 6) is 0.596. The molecule has 0 aromatic carbocycles. The molecule has 1 aromatic heterocycles.